The summed E-state index contributed by atoms with van der Waals surface area (Å²) >= 11 is 1.18. The highest BCUT2D eigenvalue weighted by Crippen LogP contribution is 2.40. The fourth-order valence-electron chi connectivity index (χ4n) is 3.57. The van der Waals surface area contributed by atoms with Crippen LogP contribution in [0.15, 0.2) is 35.4 Å². The van der Waals surface area contributed by atoms with Gasteiger partial charge in [-0.1, -0.05) is 42.1 Å². The quantitative estimate of drug-likeness (QED) is 0.477. The lowest BCUT2D eigenvalue weighted by atomic mass is 10.0. The molecule has 2 heterocycles. The van der Waals surface area contributed by atoms with Crippen molar-refractivity contribution in [1.82, 2.24) is 9.91 Å². The smallest absolute Gasteiger partial charge is 0.303 e. The number of amidine groups is 1. The molecule has 0 spiro atoms. The van der Waals surface area contributed by atoms with E-state index in [4.69, 9.17) is 14.2 Å². The third-order valence-corrected chi connectivity index (χ3v) is 6.06. The van der Waals surface area contributed by atoms with Gasteiger partial charge >= 0.3 is 5.97 Å². The van der Waals surface area contributed by atoms with E-state index < -0.39 is 36.2 Å². The number of ether oxygens (including phenoxy) is 3. The van der Waals surface area contributed by atoms with Crippen LogP contribution in [0.2, 0.25) is 0 Å². The highest BCUT2D eigenvalue weighted by Gasteiger charge is 2.54. The second-order valence-corrected chi connectivity index (χ2v) is 8.55. The molecule has 11 heteroatoms. The maximum atomic E-state index is 12.6. The van der Waals surface area contributed by atoms with E-state index in [-0.39, 0.29) is 29.5 Å². The largest absolute Gasteiger partial charge is 0.455 e. The van der Waals surface area contributed by atoms with Crippen LogP contribution in [0.25, 0.3) is 0 Å². The van der Waals surface area contributed by atoms with Crippen molar-refractivity contribution in [3.8, 4) is 0 Å². The van der Waals surface area contributed by atoms with Crippen LogP contribution < -0.4 is 0 Å². The molecular formula is C21H25N3O7S. The predicted molar refractivity (Wildman–Crippen MR) is 115 cm³/mol. The molecule has 172 valence electrons. The molecule has 0 saturated carbocycles. The summed E-state index contributed by atoms with van der Waals surface area (Å²) in [5.74, 6) is -2.10. The van der Waals surface area contributed by atoms with Crippen LogP contribution in [-0.2, 0) is 40.0 Å². The molecule has 2 aliphatic rings. The number of benzene rings is 1. The van der Waals surface area contributed by atoms with Gasteiger partial charge in [0.05, 0.1) is 24.5 Å². The normalized spacial score (nSPS) is 25.9. The van der Waals surface area contributed by atoms with Crippen LogP contribution >= 0.6 is 11.8 Å². The van der Waals surface area contributed by atoms with Gasteiger partial charge in [0.25, 0.3) is 0 Å². The molecule has 0 aliphatic carbocycles. The van der Waals surface area contributed by atoms with Crippen molar-refractivity contribution < 1.29 is 33.4 Å². The zero-order chi connectivity index (χ0) is 23.4. The monoisotopic (exact) mass is 463 g/mol. The summed E-state index contributed by atoms with van der Waals surface area (Å²) in [4.78, 5) is 49.4. The van der Waals surface area contributed by atoms with Crippen molar-refractivity contribution in [2.45, 2.75) is 58.0 Å². The van der Waals surface area contributed by atoms with Gasteiger partial charge in [-0.05, 0) is 5.56 Å². The minimum Gasteiger partial charge on any atom is -0.455 e. The van der Waals surface area contributed by atoms with E-state index >= 15 is 0 Å². The zero-order valence-electron chi connectivity index (χ0n) is 18.2. The number of hydrogen-bond acceptors (Lipinski definition) is 9. The van der Waals surface area contributed by atoms with Crippen molar-refractivity contribution in [1.29, 1.82) is 0 Å². The number of nitrogens with zero attached hydrogens (tertiary/aromatic N) is 3. The average Bonchev–Trinajstić information content (AvgIpc) is 3.10. The first-order valence-electron chi connectivity index (χ1n) is 9.99. The van der Waals surface area contributed by atoms with E-state index in [0.717, 1.165) is 5.56 Å². The summed E-state index contributed by atoms with van der Waals surface area (Å²) in [6.07, 6.45) is -1.85. The molecule has 10 nitrogen and oxygen atoms in total. The first kappa shape index (κ1) is 23.9. The van der Waals surface area contributed by atoms with Gasteiger partial charge < -0.3 is 14.2 Å². The second-order valence-electron chi connectivity index (χ2n) is 7.34. The number of amides is 3. The molecule has 0 radical (unpaired) electrons. The third kappa shape index (κ3) is 5.34. The molecule has 1 aromatic rings. The maximum absolute atomic E-state index is 12.6. The summed E-state index contributed by atoms with van der Waals surface area (Å²) in [6.45, 7) is 5.42. The number of imide groups is 1. The van der Waals surface area contributed by atoms with Crippen molar-refractivity contribution in [3.05, 3.63) is 35.9 Å². The van der Waals surface area contributed by atoms with Gasteiger partial charge in [-0.2, -0.15) is 5.01 Å². The van der Waals surface area contributed by atoms with E-state index in [9.17, 15) is 19.2 Å². The molecule has 32 heavy (non-hydrogen) atoms. The van der Waals surface area contributed by atoms with Crippen LogP contribution in [0.3, 0.4) is 0 Å². The van der Waals surface area contributed by atoms with E-state index in [1.807, 2.05) is 30.3 Å². The minimum absolute atomic E-state index is 0.155. The summed E-state index contributed by atoms with van der Waals surface area (Å²) in [7, 11) is 0. The number of fused-ring (bicyclic) bond motifs is 1. The Bertz CT molecular complexity index is 909. The topological polar surface area (TPSA) is 115 Å². The number of carbonyl (C=O) groups excluding carboxylic acids is 4. The molecule has 2 aliphatic heterocycles. The van der Waals surface area contributed by atoms with Gasteiger partial charge in [-0.3, -0.25) is 24.1 Å². The molecule has 4 atom stereocenters. The van der Waals surface area contributed by atoms with Crippen molar-refractivity contribution in [2.24, 2.45) is 5.10 Å². The molecule has 0 aromatic heterocycles. The summed E-state index contributed by atoms with van der Waals surface area (Å²) in [5.41, 5.74) is 0.907. The van der Waals surface area contributed by atoms with E-state index in [0.29, 0.717) is 5.01 Å². The zero-order valence-corrected chi connectivity index (χ0v) is 19.0. The molecule has 2 fully saturated rings. The van der Waals surface area contributed by atoms with Gasteiger partial charge in [0.2, 0.25) is 17.7 Å². The number of rotatable bonds is 5. The van der Waals surface area contributed by atoms with Gasteiger partial charge in [0, 0.05) is 27.7 Å². The van der Waals surface area contributed by atoms with Crippen LogP contribution in [0, 0.1) is 0 Å². The van der Waals surface area contributed by atoms with Crippen LogP contribution in [0.1, 0.15) is 33.3 Å². The van der Waals surface area contributed by atoms with E-state index in [1.165, 1.54) is 44.4 Å². The Labute approximate surface area is 189 Å². The highest BCUT2D eigenvalue weighted by atomic mass is 32.2. The average molecular weight is 464 g/mol. The van der Waals surface area contributed by atoms with Gasteiger partial charge in [0.15, 0.2) is 17.6 Å². The van der Waals surface area contributed by atoms with E-state index in [1.54, 1.807) is 0 Å². The van der Waals surface area contributed by atoms with Crippen LogP contribution in [0.5, 0.6) is 0 Å². The lowest BCUT2D eigenvalue weighted by molar-refractivity contribution is -0.240. The van der Waals surface area contributed by atoms with E-state index in [2.05, 4.69) is 5.10 Å². The van der Waals surface area contributed by atoms with Crippen molar-refractivity contribution in [3.63, 3.8) is 0 Å². The Morgan fingerprint density at radius 1 is 1.12 bits per heavy atom. The number of thioether (sulfide) groups is 1. The van der Waals surface area contributed by atoms with Crippen LogP contribution in [-0.4, -0.2) is 69.1 Å². The first-order chi connectivity index (χ1) is 15.2. The first-order valence-corrected chi connectivity index (χ1v) is 10.9. The Kier molecular flexibility index (Phi) is 7.64. The Balaban J connectivity index is 1.90. The summed E-state index contributed by atoms with van der Waals surface area (Å²) in [6, 6.07) is 8.79. The lowest BCUT2D eigenvalue weighted by Crippen LogP contribution is -2.59. The molecule has 0 N–H and O–H groups in total. The molecule has 0 unspecified atom stereocenters. The van der Waals surface area contributed by atoms with Crippen molar-refractivity contribution >= 4 is 40.6 Å². The number of esters is 1. The second kappa shape index (κ2) is 10.2. The van der Waals surface area contributed by atoms with Crippen molar-refractivity contribution in [2.75, 3.05) is 6.61 Å². The molecule has 1 aromatic carbocycles. The fraction of sp³-hybridized carbons (Fsp3) is 0.476. The number of hydrazone groups is 1. The Hall–Kier alpha value is -2.76. The summed E-state index contributed by atoms with van der Waals surface area (Å²) < 4.78 is 17.3. The van der Waals surface area contributed by atoms with Gasteiger partial charge in [-0.25, -0.2) is 0 Å². The number of carbonyl (C=O) groups is 4. The minimum atomic E-state index is -0.929. The Morgan fingerprint density at radius 2 is 1.78 bits per heavy atom. The highest BCUT2D eigenvalue weighted by molar-refractivity contribution is 8.14. The molecule has 3 amide bonds. The lowest BCUT2D eigenvalue weighted by Gasteiger charge is -2.40. The Morgan fingerprint density at radius 3 is 2.34 bits per heavy atom. The standard InChI is InChI=1S/C21H25N3O7S/c1-12(25)23-18-17(32-21(23)22-24(13(2)26)14(3)27)11-30-20(19(18)31-15(4)28)29-10-16-8-6-5-7-9-16/h5-9,17-20H,10-11H2,1-4H3/b22-21-/t17-,18-,19+,20-/m0/s1. The van der Waals surface area contributed by atoms with Crippen LogP contribution in [0.4, 0.5) is 0 Å². The maximum Gasteiger partial charge on any atom is 0.303 e. The fourth-order valence-corrected chi connectivity index (χ4v) is 4.90. The van der Waals surface area contributed by atoms with Gasteiger partial charge in [0.1, 0.15) is 0 Å². The summed E-state index contributed by atoms with van der Waals surface area (Å²) in [5, 5.41) is 4.63. The molecule has 3 rings (SSSR count). The molecular weight excluding hydrogens is 438 g/mol. The van der Waals surface area contributed by atoms with Gasteiger partial charge in [-0.15, -0.1) is 5.10 Å². The number of hydrogen-bond donors (Lipinski definition) is 0. The third-order valence-electron chi connectivity index (χ3n) is 4.85. The predicted octanol–water partition coefficient (Wildman–Crippen LogP) is 1.49. The SMILES string of the molecule is CC(=O)O[C@H]1[C@@H](OCc2ccccc2)OC[C@@H]2S/C(=N\N(C(C)=O)C(C)=O)N(C(C)=O)[C@H]12. The molecule has 0 bridgehead atoms. The molecule has 2 saturated heterocycles.